The van der Waals surface area contributed by atoms with Gasteiger partial charge in [-0.3, -0.25) is 0 Å². The Hall–Kier alpha value is -0.0800. The Morgan fingerprint density at radius 3 is 1.94 bits per heavy atom. The quantitative estimate of drug-likeness (QED) is 0.638. The Kier molecular flexibility index (Phi) is 5.03. The molecule has 0 spiro atoms. The number of nitrogens with one attached hydrogen (secondary N) is 2. The van der Waals surface area contributed by atoms with E-state index in [9.17, 15) is 0 Å². The Morgan fingerprint density at radius 2 is 1.47 bits per heavy atom. The maximum Gasteiger partial charge on any atom is -0.000988 e. The molecule has 0 saturated heterocycles. The summed E-state index contributed by atoms with van der Waals surface area (Å²) in [4.78, 5) is 0. The zero-order valence-electron chi connectivity index (χ0n) is 12.7. The van der Waals surface area contributed by atoms with Crippen molar-refractivity contribution in [2.24, 2.45) is 22.7 Å². The monoisotopic (exact) mass is 240 g/mol. The van der Waals surface area contributed by atoms with Gasteiger partial charge in [-0.15, -0.1) is 0 Å². The standard InChI is InChI=1S/C15H32N2/c1-12(2)10-16-8-7-9-17-11-13-14(3,4)15(13,5)6/h12-13,16-17H,7-11H2,1-6H3. The molecule has 2 N–H and O–H groups in total. The third kappa shape index (κ3) is 3.69. The predicted octanol–water partition coefficient (Wildman–Crippen LogP) is 2.89. The second kappa shape index (κ2) is 5.71. The fraction of sp³-hybridized carbons (Fsp3) is 1.00. The van der Waals surface area contributed by atoms with Crippen LogP contribution in [0.3, 0.4) is 0 Å². The summed E-state index contributed by atoms with van der Waals surface area (Å²) >= 11 is 0. The highest BCUT2D eigenvalue weighted by atomic mass is 14.9. The van der Waals surface area contributed by atoms with E-state index < -0.39 is 0 Å². The molecule has 2 nitrogen and oxygen atoms in total. The van der Waals surface area contributed by atoms with Gasteiger partial charge < -0.3 is 10.6 Å². The molecule has 0 aromatic rings. The van der Waals surface area contributed by atoms with Crippen LogP contribution < -0.4 is 10.6 Å². The molecular weight excluding hydrogens is 208 g/mol. The van der Waals surface area contributed by atoms with Crippen LogP contribution in [0.5, 0.6) is 0 Å². The topological polar surface area (TPSA) is 24.1 Å². The minimum absolute atomic E-state index is 0.524. The normalized spacial score (nSPS) is 22.1. The first-order valence-electron chi connectivity index (χ1n) is 7.21. The highest BCUT2D eigenvalue weighted by molar-refractivity contribution is 5.12. The smallest absolute Gasteiger partial charge is 0.000988 e. The number of rotatable bonds is 8. The molecular formula is C15H32N2. The summed E-state index contributed by atoms with van der Waals surface area (Å²) in [7, 11) is 0. The summed E-state index contributed by atoms with van der Waals surface area (Å²) in [6.07, 6.45) is 1.24. The molecule has 17 heavy (non-hydrogen) atoms. The minimum Gasteiger partial charge on any atom is -0.316 e. The molecule has 2 heteroatoms. The summed E-state index contributed by atoms with van der Waals surface area (Å²) in [6.45, 7) is 18.7. The molecule has 1 aliphatic carbocycles. The molecule has 0 radical (unpaired) electrons. The SMILES string of the molecule is CC(C)CNCCCNCC1C(C)(C)C1(C)C. The predicted molar refractivity (Wildman–Crippen MR) is 76.2 cm³/mol. The van der Waals surface area contributed by atoms with Gasteiger partial charge in [0.25, 0.3) is 0 Å². The largest absolute Gasteiger partial charge is 0.316 e. The first-order chi connectivity index (χ1) is 7.80. The van der Waals surface area contributed by atoms with Gasteiger partial charge in [0.1, 0.15) is 0 Å². The first-order valence-corrected chi connectivity index (χ1v) is 7.21. The molecule has 0 bridgehead atoms. The average molecular weight is 240 g/mol. The van der Waals surface area contributed by atoms with E-state index in [2.05, 4.69) is 52.2 Å². The fourth-order valence-corrected chi connectivity index (χ4v) is 2.82. The van der Waals surface area contributed by atoms with Crippen molar-refractivity contribution in [3.63, 3.8) is 0 Å². The molecule has 0 aromatic carbocycles. The first kappa shape index (κ1) is 15.0. The molecule has 102 valence electrons. The van der Waals surface area contributed by atoms with E-state index >= 15 is 0 Å². The van der Waals surface area contributed by atoms with Crippen molar-refractivity contribution in [3.8, 4) is 0 Å². The van der Waals surface area contributed by atoms with Crippen LogP contribution in [0, 0.1) is 22.7 Å². The highest BCUT2D eigenvalue weighted by Gasteiger charge is 2.63. The van der Waals surface area contributed by atoms with Crippen LogP contribution in [0.2, 0.25) is 0 Å². The lowest BCUT2D eigenvalue weighted by molar-refractivity contribution is 0.457. The van der Waals surface area contributed by atoms with E-state index in [-0.39, 0.29) is 0 Å². The van der Waals surface area contributed by atoms with Gasteiger partial charge in [-0.25, -0.2) is 0 Å². The molecule has 1 fully saturated rings. The van der Waals surface area contributed by atoms with E-state index in [4.69, 9.17) is 0 Å². The molecule has 1 rings (SSSR count). The van der Waals surface area contributed by atoms with Crippen molar-refractivity contribution < 1.29 is 0 Å². The van der Waals surface area contributed by atoms with Crippen molar-refractivity contribution in [3.05, 3.63) is 0 Å². The lowest BCUT2D eigenvalue weighted by Gasteiger charge is -2.08. The third-order valence-electron chi connectivity index (χ3n) is 4.93. The van der Waals surface area contributed by atoms with Crippen LogP contribution in [-0.2, 0) is 0 Å². The molecule has 1 aliphatic rings. The second-order valence-corrected chi connectivity index (χ2v) is 7.15. The van der Waals surface area contributed by atoms with Gasteiger partial charge in [0.2, 0.25) is 0 Å². The zero-order chi connectivity index (χ0) is 13.1. The molecule has 0 heterocycles. The van der Waals surface area contributed by atoms with Gasteiger partial charge in [-0.05, 0) is 55.3 Å². The van der Waals surface area contributed by atoms with Gasteiger partial charge >= 0.3 is 0 Å². The van der Waals surface area contributed by atoms with E-state index in [1.165, 1.54) is 13.0 Å². The minimum atomic E-state index is 0.524. The Balaban J connectivity index is 1.96. The summed E-state index contributed by atoms with van der Waals surface area (Å²) in [5, 5.41) is 7.09. The maximum absolute atomic E-state index is 3.61. The number of hydrogen-bond donors (Lipinski definition) is 2. The van der Waals surface area contributed by atoms with Gasteiger partial charge in [0, 0.05) is 0 Å². The summed E-state index contributed by atoms with van der Waals surface area (Å²) < 4.78 is 0. The molecule has 1 saturated carbocycles. The van der Waals surface area contributed by atoms with Crippen LogP contribution in [0.1, 0.15) is 48.0 Å². The van der Waals surface area contributed by atoms with E-state index in [0.29, 0.717) is 10.8 Å². The van der Waals surface area contributed by atoms with Crippen molar-refractivity contribution in [2.75, 3.05) is 26.2 Å². The summed E-state index contributed by atoms with van der Waals surface area (Å²) in [5.41, 5.74) is 1.05. The fourth-order valence-electron chi connectivity index (χ4n) is 2.82. The molecule has 0 aliphatic heterocycles. The molecule has 0 atom stereocenters. The van der Waals surface area contributed by atoms with Gasteiger partial charge in [0.15, 0.2) is 0 Å². The van der Waals surface area contributed by atoms with E-state index in [1.54, 1.807) is 0 Å². The van der Waals surface area contributed by atoms with Crippen LogP contribution in [0.15, 0.2) is 0 Å². The summed E-state index contributed by atoms with van der Waals surface area (Å²) in [5.74, 6) is 1.61. The number of hydrogen-bond acceptors (Lipinski definition) is 2. The van der Waals surface area contributed by atoms with Crippen LogP contribution in [0.25, 0.3) is 0 Å². The van der Waals surface area contributed by atoms with E-state index in [1.807, 2.05) is 0 Å². The van der Waals surface area contributed by atoms with Gasteiger partial charge in [0.05, 0.1) is 0 Å². The van der Waals surface area contributed by atoms with Gasteiger partial charge in [-0.2, -0.15) is 0 Å². The maximum atomic E-state index is 3.61. The van der Waals surface area contributed by atoms with Gasteiger partial charge in [-0.1, -0.05) is 41.5 Å². The van der Waals surface area contributed by atoms with Crippen molar-refractivity contribution in [1.29, 1.82) is 0 Å². The highest BCUT2D eigenvalue weighted by Crippen LogP contribution is 2.67. The van der Waals surface area contributed by atoms with E-state index in [0.717, 1.165) is 31.5 Å². The Labute approximate surface area is 108 Å². The zero-order valence-corrected chi connectivity index (χ0v) is 12.7. The van der Waals surface area contributed by atoms with Crippen molar-refractivity contribution >= 4 is 0 Å². The lowest BCUT2D eigenvalue weighted by Crippen LogP contribution is -2.26. The van der Waals surface area contributed by atoms with Crippen LogP contribution in [-0.4, -0.2) is 26.2 Å². The molecule has 0 aromatic heterocycles. The Bertz CT molecular complexity index is 217. The third-order valence-corrected chi connectivity index (χ3v) is 4.93. The summed E-state index contributed by atoms with van der Waals surface area (Å²) in [6, 6.07) is 0. The molecule has 0 amide bonds. The van der Waals surface area contributed by atoms with Crippen LogP contribution >= 0.6 is 0 Å². The van der Waals surface area contributed by atoms with Crippen molar-refractivity contribution in [1.82, 2.24) is 10.6 Å². The average Bonchev–Trinajstić information content (AvgIpc) is 2.57. The van der Waals surface area contributed by atoms with Crippen LogP contribution in [0.4, 0.5) is 0 Å². The lowest BCUT2D eigenvalue weighted by atomic mass is 10.0. The Morgan fingerprint density at radius 1 is 0.941 bits per heavy atom. The van der Waals surface area contributed by atoms with Crippen molar-refractivity contribution in [2.45, 2.75) is 48.0 Å². The molecule has 0 unspecified atom stereocenters. The second-order valence-electron chi connectivity index (χ2n) is 7.15.